The van der Waals surface area contributed by atoms with Gasteiger partial charge in [-0.1, -0.05) is 41.4 Å². The van der Waals surface area contributed by atoms with Crippen molar-refractivity contribution in [2.24, 2.45) is 0 Å². The topological polar surface area (TPSA) is 24.5 Å². The van der Waals surface area contributed by atoms with Gasteiger partial charge in [0.15, 0.2) is 0 Å². The highest BCUT2D eigenvalue weighted by molar-refractivity contribution is 9.10. The number of ether oxygens (including phenoxy) is 1. The summed E-state index contributed by atoms with van der Waals surface area (Å²) in [5, 5.41) is 4.26. The number of halogens is 2. The predicted octanol–water partition coefficient (Wildman–Crippen LogP) is 3.47. The first-order valence-corrected chi connectivity index (χ1v) is 8.16. The third-order valence-corrected chi connectivity index (χ3v) is 4.44. The SMILES string of the molecule is CC(C)NCC1OCCN(C)C1c1cc(Br)ccc1Cl. The molecule has 0 amide bonds. The summed E-state index contributed by atoms with van der Waals surface area (Å²) < 4.78 is 7.03. The molecule has 2 atom stereocenters. The van der Waals surface area contributed by atoms with Gasteiger partial charge in [-0.05, 0) is 30.8 Å². The molecule has 2 rings (SSSR count). The minimum atomic E-state index is 0.114. The third-order valence-electron chi connectivity index (χ3n) is 3.61. The molecule has 3 nitrogen and oxygen atoms in total. The standard InChI is InChI=1S/C15H22BrClN2O/c1-10(2)18-9-14-15(19(3)6-7-20-14)12-8-11(16)4-5-13(12)17/h4-5,8,10,14-15,18H,6-7,9H2,1-3H3. The normalized spacial score (nSPS) is 24.3. The van der Waals surface area contributed by atoms with Gasteiger partial charge in [-0.2, -0.15) is 0 Å². The summed E-state index contributed by atoms with van der Waals surface area (Å²) in [6.45, 7) is 6.81. The zero-order chi connectivity index (χ0) is 14.7. The maximum absolute atomic E-state index is 6.40. The molecule has 1 aliphatic heterocycles. The van der Waals surface area contributed by atoms with Crippen LogP contribution in [0.5, 0.6) is 0 Å². The van der Waals surface area contributed by atoms with Crippen LogP contribution in [0.25, 0.3) is 0 Å². The Balaban J connectivity index is 2.24. The Labute approximate surface area is 134 Å². The van der Waals surface area contributed by atoms with E-state index in [-0.39, 0.29) is 12.1 Å². The summed E-state index contributed by atoms with van der Waals surface area (Å²) >= 11 is 9.93. The molecule has 2 unspecified atom stereocenters. The Morgan fingerprint density at radius 2 is 2.25 bits per heavy atom. The minimum absolute atomic E-state index is 0.114. The van der Waals surface area contributed by atoms with Gasteiger partial charge in [-0.15, -0.1) is 0 Å². The molecule has 1 fully saturated rings. The van der Waals surface area contributed by atoms with Crippen molar-refractivity contribution in [1.29, 1.82) is 0 Å². The van der Waals surface area contributed by atoms with E-state index in [1.165, 1.54) is 0 Å². The molecule has 5 heteroatoms. The molecule has 0 saturated carbocycles. The van der Waals surface area contributed by atoms with E-state index in [1.54, 1.807) is 0 Å². The lowest BCUT2D eigenvalue weighted by Gasteiger charge is -2.40. The molecule has 1 heterocycles. The van der Waals surface area contributed by atoms with Gasteiger partial charge in [0.05, 0.1) is 18.8 Å². The van der Waals surface area contributed by atoms with Crippen LogP contribution >= 0.6 is 27.5 Å². The molecule has 0 radical (unpaired) electrons. The first kappa shape index (κ1) is 16.2. The zero-order valence-corrected chi connectivity index (χ0v) is 14.5. The summed E-state index contributed by atoms with van der Waals surface area (Å²) in [6.07, 6.45) is 0.114. The molecule has 20 heavy (non-hydrogen) atoms. The maximum Gasteiger partial charge on any atom is 0.0897 e. The van der Waals surface area contributed by atoms with Gasteiger partial charge in [-0.25, -0.2) is 0 Å². The molecule has 0 aromatic heterocycles. The van der Waals surface area contributed by atoms with Crippen LogP contribution in [-0.4, -0.2) is 43.8 Å². The van der Waals surface area contributed by atoms with Crippen molar-refractivity contribution in [3.8, 4) is 0 Å². The number of hydrogen-bond donors (Lipinski definition) is 1. The molecule has 1 aliphatic rings. The Bertz CT molecular complexity index is 455. The number of nitrogens with one attached hydrogen (secondary N) is 1. The first-order chi connectivity index (χ1) is 9.49. The fraction of sp³-hybridized carbons (Fsp3) is 0.600. The average Bonchev–Trinajstić information content (AvgIpc) is 2.39. The molecule has 112 valence electrons. The lowest BCUT2D eigenvalue weighted by atomic mass is 9.98. The monoisotopic (exact) mass is 360 g/mol. The molecule has 1 aromatic rings. The number of benzene rings is 1. The summed E-state index contributed by atoms with van der Waals surface area (Å²) in [6, 6.07) is 6.64. The maximum atomic E-state index is 6.40. The van der Waals surface area contributed by atoms with E-state index in [0.717, 1.165) is 34.8 Å². The van der Waals surface area contributed by atoms with E-state index < -0.39 is 0 Å². The highest BCUT2D eigenvalue weighted by Gasteiger charge is 2.32. The Hall–Kier alpha value is -0.130. The van der Waals surface area contributed by atoms with Crippen molar-refractivity contribution in [3.63, 3.8) is 0 Å². The highest BCUT2D eigenvalue weighted by Crippen LogP contribution is 2.34. The number of morpholine rings is 1. The van der Waals surface area contributed by atoms with Gasteiger partial charge in [0.2, 0.25) is 0 Å². The molecule has 0 bridgehead atoms. The van der Waals surface area contributed by atoms with Crippen molar-refractivity contribution in [2.75, 3.05) is 26.7 Å². The second-order valence-corrected chi connectivity index (χ2v) is 6.89. The second-order valence-electron chi connectivity index (χ2n) is 5.56. The minimum Gasteiger partial charge on any atom is -0.374 e. The van der Waals surface area contributed by atoms with Gasteiger partial charge in [0.25, 0.3) is 0 Å². The van der Waals surface area contributed by atoms with Crippen LogP contribution in [0.1, 0.15) is 25.5 Å². The van der Waals surface area contributed by atoms with Crippen LogP contribution in [0, 0.1) is 0 Å². The van der Waals surface area contributed by atoms with Gasteiger partial charge < -0.3 is 10.1 Å². The van der Waals surface area contributed by atoms with Crippen molar-refractivity contribution in [1.82, 2.24) is 10.2 Å². The fourth-order valence-electron chi connectivity index (χ4n) is 2.56. The van der Waals surface area contributed by atoms with E-state index in [2.05, 4.69) is 53.1 Å². The largest absolute Gasteiger partial charge is 0.374 e. The molecule has 1 aromatic carbocycles. The van der Waals surface area contributed by atoms with Crippen LogP contribution in [0.2, 0.25) is 5.02 Å². The van der Waals surface area contributed by atoms with Gasteiger partial charge >= 0.3 is 0 Å². The quantitative estimate of drug-likeness (QED) is 0.888. The van der Waals surface area contributed by atoms with E-state index in [9.17, 15) is 0 Å². The van der Waals surface area contributed by atoms with E-state index in [0.29, 0.717) is 6.04 Å². The Morgan fingerprint density at radius 1 is 1.50 bits per heavy atom. The van der Waals surface area contributed by atoms with Crippen LogP contribution < -0.4 is 5.32 Å². The van der Waals surface area contributed by atoms with Crippen molar-refractivity contribution in [2.45, 2.75) is 32.0 Å². The molecule has 0 aliphatic carbocycles. The van der Waals surface area contributed by atoms with E-state index >= 15 is 0 Å². The lowest BCUT2D eigenvalue weighted by Crippen LogP contribution is -2.48. The average molecular weight is 362 g/mol. The second kappa shape index (κ2) is 7.23. The van der Waals surface area contributed by atoms with E-state index in [1.807, 2.05) is 12.1 Å². The van der Waals surface area contributed by atoms with Crippen molar-refractivity contribution >= 4 is 27.5 Å². The van der Waals surface area contributed by atoms with Crippen molar-refractivity contribution < 1.29 is 4.74 Å². The first-order valence-electron chi connectivity index (χ1n) is 6.99. The number of nitrogens with zero attached hydrogens (tertiary/aromatic N) is 1. The van der Waals surface area contributed by atoms with Crippen LogP contribution in [0.3, 0.4) is 0 Å². The molecular weight excluding hydrogens is 340 g/mol. The fourth-order valence-corrected chi connectivity index (χ4v) is 3.17. The predicted molar refractivity (Wildman–Crippen MR) is 87.4 cm³/mol. The summed E-state index contributed by atoms with van der Waals surface area (Å²) in [5.41, 5.74) is 1.12. The van der Waals surface area contributed by atoms with Crippen LogP contribution in [0.4, 0.5) is 0 Å². The Morgan fingerprint density at radius 3 is 2.95 bits per heavy atom. The Kier molecular flexibility index (Phi) is 5.87. The third kappa shape index (κ3) is 3.95. The summed E-state index contributed by atoms with van der Waals surface area (Å²) in [4.78, 5) is 2.32. The van der Waals surface area contributed by atoms with E-state index in [4.69, 9.17) is 16.3 Å². The molecular formula is C15H22BrClN2O. The van der Waals surface area contributed by atoms with Gasteiger partial charge in [-0.3, -0.25) is 4.90 Å². The van der Waals surface area contributed by atoms with Gasteiger partial charge in [0, 0.05) is 28.6 Å². The smallest absolute Gasteiger partial charge is 0.0897 e. The van der Waals surface area contributed by atoms with Crippen LogP contribution in [-0.2, 0) is 4.74 Å². The summed E-state index contributed by atoms with van der Waals surface area (Å²) in [5.74, 6) is 0. The molecule has 0 spiro atoms. The van der Waals surface area contributed by atoms with Gasteiger partial charge in [0.1, 0.15) is 0 Å². The highest BCUT2D eigenvalue weighted by atomic mass is 79.9. The zero-order valence-electron chi connectivity index (χ0n) is 12.2. The molecule has 1 N–H and O–H groups in total. The summed E-state index contributed by atoms with van der Waals surface area (Å²) in [7, 11) is 2.13. The number of hydrogen-bond acceptors (Lipinski definition) is 3. The lowest BCUT2D eigenvalue weighted by molar-refractivity contribution is -0.0620. The molecule has 1 saturated heterocycles. The van der Waals surface area contributed by atoms with Crippen LogP contribution in [0.15, 0.2) is 22.7 Å². The number of likely N-dealkylation sites (N-methyl/N-ethyl adjacent to an activating group) is 1. The number of rotatable bonds is 4. The van der Waals surface area contributed by atoms with Crippen molar-refractivity contribution in [3.05, 3.63) is 33.3 Å².